The zero-order chi connectivity index (χ0) is 22.8. The Morgan fingerprint density at radius 1 is 1.03 bits per heavy atom. The first-order chi connectivity index (χ1) is 16.1. The molecule has 0 aliphatic carbocycles. The van der Waals surface area contributed by atoms with Crippen molar-refractivity contribution >= 4 is 10.9 Å². The van der Waals surface area contributed by atoms with Crippen LogP contribution >= 0.6 is 0 Å². The number of pyridine rings is 1. The highest BCUT2D eigenvalue weighted by molar-refractivity contribution is 5.82. The van der Waals surface area contributed by atoms with Gasteiger partial charge < -0.3 is 9.88 Å². The summed E-state index contributed by atoms with van der Waals surface area (Å²) in [5, 5.41) is 13.8. The van der Waals surface area contributed by atoms with Gasteiger partial charge in [-0.15, -0.1) is 5.10 Å². The highest BCUT2D eigenvalue weighted by atomic mass is 16.1. The number of piperazine rings is 1. The zero-order valence-corrected chi connectivity index (χ0v) is 19.1. The maximum atomic E-state index is 13.3. The van der Waals surface area contributed by atoms with E-state index in [-0.39, 0.29) is 11.6 Å². The molecule has 2 aromatic heterocycles. The van der Waals surface area contributed by atoms with Gasteiger partial charge in [-0.3, -0.25) is 9.69 Å². The summed E-state index contributed by atoms with van der Waals surface area (Å²) < 4.78 is 1.86. The summed E-state index contributed by atoms with van der Waals surface area (Å²) in [6.45, 7) is 6.23. The summed E-state index contributed by atoms with van der Waals surface area (Å²) in [6.07, 6.45) is 0.821. The van der Waals surface area contributed by atoms with Crippen molar-refractivity contribution in [2.75, 3.05) is 33.2 Å². The van der Waals surface area contributed by atoms with Crippen molar-refractivity contribution in [3.63, 3.8) is 0 Å². The van der Waals surface area contributed by atoms with Gasteiger partial charge in [-0.2, -0.15) is 0 Å². The van der Waals surface area contributed by atoms with Crippen LogP contribution in [0.3, 0.4) is 0 Å². The number of aryl methyl sites for hydroxylation is 3. The van der Waals surface area contributed by atoms with E-state index >= 15 is 0 Å². The van der Waals surface area contributed by atoms with Gasteiger partial charge in [0.1, 0.15) is 6.04 Å². The Kier molecular flexibility index (Phi) is 6.02. The average molecular weight is 444 g/mol. The monoisotopic (exact) mass is 443 g/mol. The molecule has 8 nitrogen and oxygen atoms in total. The highest BCUT2D eigenvalue weighted by Crippen LogP contribution is 2.28. The van der Waals surface area contributed by atoms with Crippen LogP contribution in [0.15, 0.2) is 59.4 Å². The van der Waals surface area contributed by atoms with Crippen LogP contribution in [-0.2, 0) is 13.0 Å². The minimum absolute atomic E-state index is 0.0849. The third-order valence-corrected chi connectivity index (χ3v) is 6.57. The van der Waals surface area contributed by atoms with E-state index in [2.05, 4.69) is 49.5 Å². The lowest BCUT2D eigenvalue weighted by Crippen LogP contribution is -2.47. The van der Waals surface area contributed by atoms with Crippen LogP contribution in [0, 0.1) is 6.92 Å². The van der Waals surface area contributed by atoms with E-state index in [9.17, 15) is 4.79 Å². The Labute approximate surface area is 192 Å². The van der Waals surface area contributed by atoms with E-state index in [1.54, 1.807) is 0 Å². The van der Waals surface area contributed by atoms with Gasteiger partial charge in [0, 0.05) is 38.3 Å². The number of aromatic amines is 1. The smallest absolute Gasteiger partial charge is 0.253 e. The standard InChI is InChI=1S/C25H29N7O/c1-18-7-6-10-20-17-21(25(33)26-22(18)20)23(31-15-13-30(2)14-16-31)24-27-28-29-32(24)12-11-19-8-4-3-5-9-19/h3-10,17,23H,11-16H2,1-2H3,(H,26,33). The molecule has 0 saturated carbocycles. The van der Waals surface area contributed by atoms with Crippen molar-refractivity contribution in [3.8, 4) is 0 Å². The van der Waals surface area contributed by atoms with Crippen LogP contribution in [0.5, 0.6) is 0 Å². The number of likely N-dealkylation sites (N-methyl/N-ethyl adjacent to an activating group) is 1. The van der Waals surface area contributed by atoms with Crippen molar-refractivity contribution in [1.82, 2.24) is 35.0 Å². The molecule has 170 valence electrons. The molecule has 0 radical (unpaired) electrons. The molecule has 3 heterocycles. The normalized spacial score (nSPS) is 16.3. The molecule has 33 heavy (non-hydrogen) atoms. The predicted molar refractivity (Wildman–Crippen MR) is 128 cm³/mol. The first-order valence-corrected chi connectivity index (χ1v) is 11.5. The zero-order valence-electron chi connectivity index (χ0n) is 19.1. The second kappa shape index (κ2) is 9.25. The van der Waals surface area contributed by atoms with Crippen molar-refractivity contribution in [2.45, 2.75) is 25.9 Å². The Morgan fingerprint density at radius 3 is 2.61 bits per heavy atom. The van der Waals surface area contributed by atoms with Gasteiger partial charge in [-0.05, 0) is 53.4 Å². The number of nitrogens with zero attached hydrogens (tertiary/aromatic N) is 6. The third-order valence-electron chi connectivity index (χ3n) is 6.57. The topological polar surface area (TPSA) is 82.9 Å². The molecule has 5 rings (SSSR count). The number of H-pyrrole nitrogens is 1. The summed E-state index contributed by atoms with van der Waals surface area (Å²) in [5.41, 5.74) is 3.77. The van der Waals surface area contributed by atoms with E-state index in [1.165, 1.54) is 5.56 Å². The number of nitrogens with one attached hydrogen (secondary N) is 1. The fourth-order valence-corrected chi connectivity index (χ4v) is 4.63. The first-order valence-electron chi connectivity index (χ1n) is 11.5. The number of fused-ring (bicyclic) bond motifs is 1. The molecular weight excluding hydrogens is 414 g/mol. The molecule has 1 saturated heterocycles. The number of aromatic nitrogens is 5. The van der Waals surface area contributed by atoms with Crippen molar-refractivity contribution in [3.05, 3.63) is 87.5 Å². The molecule has 1 atom stereocenters. The quantitative estimate of drug-likeness (QED) is 0.493. The summed E-state index contributed by atoms with van der Waals surface area (Å²) in [4.78, 5) is 21.1. The third kappa shape index (κ3) is 4.44. The lowest BCUT2D eigenvalue weighted by atomic mass is 10.0. The summed E-state index contributed by atoms with van der Waals surface area (Å²) in [5.74, 6) is 0.716. The minimum Gasteiger partial charge on any atom is -0.321 e. The van der Waals surface area contributed by atoms with Crippen molar-refractivity contribution in [2.24, 2.45) is 0 Å². The second-order valence-corrected chi connectivity index (χ2v) is 8.83. The molecule has 0 amide bonds. The van der Waals surface area contributed by atoms with Crippen LogP contribution in [0.25, 0.3) is 10.9 Å². The Morgan fingerprint density at radius 2 is 1.82 bits per heavy atom. The summed E-state index contributed by atoms with van der Waals surface area (Å²) >= 11 is 0. The van der Waals surface area contributed by atoms with Crippen LogP contribution in [0.2, 0.25) is 0 Å². The van der Waals surface area contributed by atoms with E-state index in [0.29, 0.717) is 17.9 Å². The number of tetrazole rings is 1. The fourth-order valence-electron chi connectivity index (χ4n) is 4.63. The second-order valence-electron chi connectivity index (χ2n) is 8.83. The lowest BCUT2D eigenvalue weighted by Gasteiger charge is -2.37. The molecule has 0 bridgehead atoms. The largest absolute Gasteiger partial charge is 0.321 e. The van der Waals surface area contributed by atoms with E-state index < -0.39 is 0 Å². The lowest BCUT2D eigenvalue weighted by molar-refractivity contribution is 0.121. The van der Waals surface area contributed by atoms with Gasteiger partial charge >= 0.3 is 0 Å². The molecule has 1 aliphatic heterocycles. The first kappa shape index (κ1) is 21.5. The van der Waals surface area contributed by atoms with Crippen molar-refractivity contribution < 1.29 is 0 Å². The van der Waals surface area contributed by atoms with Gasteiger partial charge in [0.2, 0.25) is 0 Å². The molecule has 1 unspecified atom stereocenters. The molecule has 8 heteroatoms. The maximum absolute atomic E-state index is 13.3. The van der Waals surface area contributed by atoms with Crippen LogP contribution in [0.1, 0.15) is 28.6 Å². The molecule has 1 aliphatic rings. The van der Waals surface area contributed by atoms with Crippen LogP contribution in [-0.4, -0.2) is 68.2 Å². The maximum Gasteiger partial charge on any atom is 0.253 e. The van der Waals surface area contributed by atoms with E-state index in [0.717, 1.165) is 49.1 Å². The SMILES string of the molecule is Cc1cccc2cc(C(c3nnnn3CCc3ccccc3)N3CCN(C)CC3)c(=O)[nH]c12. The number of benzene rings is 2. The summed E-state index contributed by atoms with van der Waals surface area (Å²) in [6, 6.07) is 18.1. The molecular formula is C25H29N7O. The van der Waals surface area contributed by atoms with Crippen LogP contribution < -0.4 is 5.56 Å². The Hall–Kier alpha value is -3.36. The molecule has 1 fully saturated rings. The Bertz CT molecular complexity index is 1290. The number of hydrogen-bond acceptors (Lipinski definition) is 6. The van der Waals surface area contributed by atoms with E-state index in [4.69, 9.17) is 0 Å². The molecule has 4 aromatic rings. The molecule has 0 spiro atoms. The van der Waals surface area contributed by atoms with Gasteiger partial charge in [-0.1, -0.05) is 48.5 Å². The van der Waals surface area contributed by atoms with Crippen molar-refractivity contribution in [1.29, 1.82) is 0 Å². The predicted octanol–water partition coefficient (Wildman–Crippen LogP) is 2.40. The number of rotatable bonds is 6. The Balaban J connectivity index is 1.56. The number of para-hydroxylation sites is 1. The van der Waals surface area contributed by atoms with Crippen LogP contribution in [0.4, 0.5) is 0 Å². The summed E-state index contributed by atoms with van der Waals surface area (Å²) in [7, 11) is 2.13. The van der Waals surface area contributed by atoms with Gasteiger partial charge in [0.15, 0.2) is 5.82 Å². The minimum atomic E-state index is -0.307. The number of hydrogen-bond donors (Lipinski definition) is 1. The molecule has 2 aromatic carbocycles. The highest BCUT2D eigenvalue weighted by Gasteiger charge is 2.32. The van der Waals surface area contributed by atoms with E-state index in [1.807, 2.05) is 54.1 Å². The average Bonchev–Trinajstić information content (AvgIpc) is 3.29. The van der Waals surface area contributed by atoms with Gasteiger partial charge in [0.25, 0.3) is 5.56 Å². The van der Waals surface area contributed by atoms with Gasteiger partial charge in [0.05, 0.1) is 5.52 Å². The van der Waals surface area contributed by atoms with Gasteiger partial charge in [-0.25, -0.2) is 4.68 Å². The molecule has 1 N–H and O–H groups in total. The fraction of sp³-hybridized carbons (Fsp3) is 0.360.